The maximum Gasteiger partial charge on any atom is 0.237 e. The molecular formula is C18H15BrClN3O. The molecule has 2 aromatic heterocycles. The minimum atomic E-state index is -0.0499. The van der Waals surface area contributed by atoms with E-state index >= 15 is 0 Å². The molecule has 0 atom stereocenters. The minimum Gasteiger partial charge on any atom is -0.274 e. The quantitative estimate of drug-likeness (QED) is 0.588. The van der Waals surface area contributed by atoms with Gasteiger partial charge in [0.15, 0.2) is 0 Å². The molecule has 122 valence electrons. The fraction of sp³-hybridized carbons (Fsp3) is 0.111. The number of hydrogen-bond acceptors (Lipinski definition) is 2. The number of para-hydroxylation sites is 1. The maximum atomic E-state index is 12.8. The second-order valence-corrected chi connectivity index (χ2v) is 6.88. The maximum absolute atomic E-state index is 12.8. The summed E-state index contributed by atoms with van der Waals surface area (Å²) < 4.78 is 2.44. The predicted octanol–water partition coefficient (Wildman–Crippen LogP) is 5.44. The SMILES string of the molecule is C=C(Cl)/C=C\C=C(\Br)CC(=O)n1c2ccccc2c2c(C)n[nH]c21. The van der Waals surface area contributed by atoms with Crippen molar-refractivity contribution in [1.29, 1.82) is 0 Å². The smallest absolute Gasteiger partial charge is 0.237 e. The van der Waals surface area contributed by atoms with Gasteiger partial charge in [0.25, 0.3) is 0 Å². The first-order valence-electron chi connectivity index (χ1n) is 7.33. The van der Waals surface area contributed by atoms with E-state index in [0.29, 0.717) is 5.03 Å². The van der Waals surface area contributed by atoms with Gasteiger partial charge in [-0.2, -0.15) is 5.10 Å². The number of nitrogens with zero attached hydrogens (tertiary/aromatic N) is 2. The number of rotatable bonds is 4. The lowest BCUT2D eigenvalue weighted by atomic mass is 10.2. The molecule has 0 saturated heterocycles. The van der Waals surface area contributed by atoms with Crippen LogP contribution in [0.25, 0.3) is 21.9 Å². The molecule has 2 heterocycles. The normalized spacial score (nSPS) is 12.5. The lowest BCUT2D eigenvalue weighted by molar-refractivity contribution is 0.0926. The monoisotopic (exact) mass is 403 g/mol. The number of H-pyrrole nitrogens is 1. The number of carbonyl (C=O) groups is 1. The zero-order valence-electron chi connectivity index (χ0n) is 13.0. The number of nitrogens with one attached hydrogen (secondary N) is 1. The van der Waals surface area contributed by atoms with E-state index in [4.69, 9.17) is 11.6 Å². The molecule has 0 saturated carbocycles. The van der Waals surface area contributed by atoms with Crippen LogP contribution in [0.1, 0.15) is 16.9 Å². The van der Waals surface area contributed by atoms with E-state index in [0.717, 1.165) is 32.1 Å². The Morgan fingerprint density at radius 2 is 2.21 bits per heavy atom. The van der Waals surface area contributed by atoms with Crippen molar-refractivity contribution >= 4 is 55.4 Å². The van der Waals surface area contributed by atoms with Gasteiger partial charge in [-0.1, -0.05) is 64.5 Å². The van der Waals surface area contributed by atoms with Crippen LogP contribution in [0.15, 0.2) is 58.6 Å². The van der Waals surface area contributed by atoms with Gasteiger partial charge in [-0.25, -0.2) is 0 Å². The molecule has 3 aromatic rings. The van der Waals surface area contributed by atoms with Crippen molar-refractivity contribution in [2.24, 2.45) is 0 Å². The number of allylic oxidation sites excluding steroid dienone is 5. The van der Waals surface area contributed by atoms with Gasteiger partial charge in [-0.3, -0.25) is 14.5 Å². The first kappa shape index (κ1) is 16.7. The highest BCUT2D eigenvalue weighted by atomic mass is 79.9. The van der Waals surface area contributed by atoms with Crippen LogP contribution < -0.4 is 0 Å². The summed E-state index contributed by atoms with van der Waals surface area (Å²) in [5.41, 5.74) is 2.48. The summed E-state index contributed by atoms with van der Waals surface area (Å²) in [6, 6.07) is 7.83. The Balaban J connectivity index is 2.02. The van der Waals surface area contributed by atoms with Crippen molar-refractivity contribution in [3.05, 3.63) is 64.3 Å². The highest BCUT2D eigenvalue weighted by molar-refractivity contribution is 9.11. The van der Waals surface area contributed by atoms with E-state index in [9.17, 15) is 4.79 Å². The van der Waals surface area contributed by atoms with Gasteiger partial charge in [0.2, 0.25) is 5.91 Å². The van der Waals surface area contributed by atoms with Crippen molar-refractivity contribution < 1.29 is 4.79 Å². The summed E-state index contributed by atoms with van der Waals surface area (Å²) in [4.78, 5) is 12.8. The molecule has 1 N–H and O–H groups in total. The van der Waals surface area contributed by atoms with Crippen molar-refractivity contribution in [3.63, 3.8) is 0 Å². The second-order valence-electron chi connectivity index (χ2n) is 5.38. The number of benzene rings is 1. The Morgan fingerprint density at radius 1 is 1.46 bits per heavy atom. The molecule has 0 unspecified atom stereocenters. The summed E-state index contributed by atoms with van der Waals surface area (Å²) in [6.45, 7) is 5.51. The van der Waals surface area contributed by atoms with Crippen LogP contribution in [0.3, 0.4) is 0 Å². The van der Waals surface area contributed by atoms with E-state index in [-0.39, 0.29) is 12.3 Å². The minimum absolute atomic E-state index is 0.0499. The largest absolute Gasteiger partial charge is 0.274 e. The third kappa shape index (κ3) is 3.09. The molecule has 0 radical (unpaired) electrons. The number of hydrogen-bond donors (Lipinski definition) is 1. The first-order chi connectivity index (χ1) is 11.5. The molecular weight excluding hydrogens is 390 g/mol. The van der Waals surface area contributed by atoms with Gasteiger partial charge >= 0.3 is 0 Å². The van der Waals surface area contributed by atoms with E-state index in [1.165, 1.54) is 0 Å². The molecule has 0 spiro atoms. The summed E-state index contributed by atoms with van der Waals surface area (Å²) >= 11 is 9.10. The Bertz CT molecular complexity index is 1010. The van der Waals surface area contributed by atoms with Crippen LogP contribution >= 0.6 is 27.5 Å². The average Bonchev–Trinajstić information content (AvgIpc) is 3.05. The number of carbonyl (C=O) groups excluding carboxylic acids is 1. The van der Waals surface area contributed by atoms with Gasteiger partial charge in [-0.05, 0) is 19.1 Å². The number of aromatic nitrogens is 3. The van der Waals surface area contributed by atoms with Crippen LogP contribution in [0.2, 0.25) is 0 Å². The molecule has 0 bridgehead atoms. The number of aryl methyl sites for hydroxylation is 1. The van der Waals surface area contributed by atoms with Gasteiger partial charge in [0, 0.05) is 20.3 Å². The van der Waals surface area contributed by atoms with Crippen molar-refractivity contribution in [2.75, 3.05) is 0 Å². The standard InChI is InChI=1S/C18H15BrClN3O/c1-11(20)6-5-7-13(19)10-16(24)23-15-9-4-3-8-14(15)17-12(2)21-22-18(17)23/h3-9H,1,10H2,2H3,(H,21,22)/b6-5-,13-7+. The number of aromatic amines is 1. The van der Waals surface area contributed by atoms with E-state index in [2.05, 4.69) is 32.7 Å². The van der Waals surface area contributed by atoms with Crippen LogP contribution in [-0.2, 0) is 0 Å². The molecule has 0 aliphatic carbocycles. The molecule has 0 fully saturated rings. The number of fused-ring (bicyclic) bond motifs is 3. The van der Waals surface area contributed by atoms with E-state index in [1.807, 2.05) is 31.2 Å². The Kier molecular flexibility index (Phi) is 4.73. The highest BCUT2D eigenvalue weighted by Gasteiger charge is 2.19. The fourth-order valence-corrected chi connectivity index (χ4v) is 3.17. The molecule has 0 aliphatic rings. The zero-order valence-corrected chi connectivity index (χ0v) is 15.4. The number of halogens is 2. The fourth-order valence-electron chi connectivity index (χ4n) is 2.70. The van der Waals surface area contributed by atoms with Crippen LogP contribution in [0.5, 0.6) is 0 Å². The second kappa shape index (κ2) is 6.79. The van der Waals surface area contributed by atoms with Crippen LogP contribution in [-0.4, -0.2) is 20.7 Å². The zero-order chi connectivity index (χ0) is 17.3. The van der Waals surface area contributed by atoms with Gasteiger partial charge in [-0.15, -0.1) is 0 Å². The van der Waals surface area contributed by atoms with Crippen molar-refractivity contribution in [2.45, 2.75) is 13.3 Å². The Morgan fingerprint density at radius 3 is 2.96 bits per heavy atom. The third-order valence-electron chi connectivity index (χ3n) is 3.69. The molecule has 0 amide bonds. The molecule has 0 aliphatic heterocycles. The molecule has 1 aromatic carbocycles. The molecule has 6 heteroatoms. The first-order valence-corrected chi connectivity index (χ1v) is 8.50. The predicted molar refractivity (Wildman–Crippen MR) is 103 cm³/mol. The molecule has 24 heavy (non-hydrogen) atoms. The van der Waals surface area contributed by atoms with E-state index in [1.54, 1.807) is 22.8 Å². The van der Waals surface area contributed by atoms with Gasteiger partial charge < -0.3 is 0 Å². The summed E-state index contributed by atoms with van der Waals surface area (Å²) in [6.07, 6.45) is 5.42. The van der Waals surface area contributed by atoms with Gasteiger partial charge in [0.1, 0.15) is 5.65 Å². The summed E-state index contributed by atoms with van der Waals surface area (Å²) in [7, 11) is 0. The van der Waals surface area contributed by atoms with Crippen LogP contribution in [0.4, 0.5) is 0 Å². The molecule has 3 rings (SSSR count). The van der Waals surface area contributed by atoms with Crippen LogP contribution in [0, 0.1) is 6.92 Å². The lowest BCUT2D eigenvalue weighted by Crippen LogP contribution is -2.10. The van der Waals surface area contributed by atoms with E-state index < -0.39 is 0 Å². The summed E-state index contributed by atoms with van der Waals surface area (Å²) in [5, 5.41) is 9.65. The average molecular weight is 405 g/mol. The molecule has 4 nitrogen and oxygen atoms in total. The Labute approximate surface area is 152 Å². The summed E-state index contributed by atoms with van der Waals surface area (Å²) in [5.74, 6) is -0.0499. The Hall–Kier alpha value is -2.11. The van der Waals surface area contributed by atoms with Gasteiger partial charge in [0.05, 0.1) is 17.6 Å². The van der Waals surface area contributed by atoms with Crippen molar-refractivity contribution in [3.8, 4) is 0 Å². The highest BCUT2D eigenvalue weighted by Crippen LogP contribution is 2.30. The van der Waals surface area contributed by atoms with Crippen molar-refractivity contribution in [1.82, 2.24) is 14.8 Å². The third-order valence-corrected chi connectivity index (χ3v) is 4.36. The topological polar surface area (TPSA) is 50.7 Å². The lowest BCUT2D eigenvalue weighted by Gasteiger charge is -2.04.